The van der Waals surface area contributed by atoms with Crippen LogP contribution in [0.1, 0.15) is 45.0 Å². The van der Waals surface area contributed by atoms with Crippen LogP contribution in [0.3, 0.4) is 0 Å². The first-order valence-corrected chi connectivity index (χ1v) is 10.2. The fraction of sp³-hybridized carbons (Fsp3) is 0.500. The maximum Gasteiger partial charge on any atom is 0.303 e. The fourth-order valence-corrected chi connectivity index (χ4v) is 3.38. The summed E-state index contributed by atoms with van der Waals surface area (Å²) in [4.78, 5) is 59.0. The van der Waals surface area contributed by atoms with Gasteiger partial charge in [-0.3, -0.25) is 24.0 Å². The molecule has 1 fully saturated rings. The standard InChI is InChI=1S/C22H27NO10/c1-11(24)16-8-6-7-9-17(16)32-22-19(23-12(2)25)21(31-15(5)28)20(30-14(4)27)18(33-22)10-29-13(3)26/h6-9,18-22H,10H2,1-5H3,(H,23,25)/t18-,19-,20-,21-,22-/m1/s1. The topological polar surface area (TPSA) is 144 Å². The third-order valence-corrected chi connectivity index (χ3v) is 4.58. The van der Waals surface area contributed by atoms with E-state index in [-0.39, 0.29) is 23.7 Å². The van der Waals surface area contributed by atoms with Gasteiger partial charge in [0.1, 0.15) is 24.5 Å². The van der Waals surface area contributed by atoms with E-state index in [1.807, 2.05) is 0 Å². The largest absolute Gasteiger partial charge is 0.463 e. The summed E-state index contributed by atoms with van der Waals surface area (Å²) in [7, 11) is 0. The zero-order chi connectivity index (χ0) is 24.7. The van der Waals surface area contributed by atoms with Crippen molar-refractivity contribution in [3.8, 4) is 5.75 Å². The van der Waals surface area contributed by atoms with E-state index >= 15 is 0 Å². The second-order valence-corrected chi connectivity index (χ2v) is 7.39. The van der Waals surface area contributed by atoms with Gasteiger partial charge >= 0.3 is 17.9 Å². The Morgan fingerprint density at radius 1 is 0.879 bits per heavy atom. The minimum absolute atomic E-state index is 0.157. The molecule has 33 heavy (non-hydrogen) atoms. The monoisotopic (exact) mass is 465 g/mol. The number of hydrogen-bond acceptors (Lipinski definition) is 10. The summed E-state index contributed by atoms with van der Waals surface area (Å²) in [6.07, 6.45) is -4.89. The molecule has 1 aliphatic heterocycles. The molecule has 1 heterocycles. The Bertz CT molecular complexity index is 914. The molecule has 0 radical (unpaired) electrons. The van der Waals surface area contributed by atoms with E-state index in [2.05, 4.69) is 5.32 Å². The van der Waals surface area contributed by atoms with Crippen LogP contribution in [0.5, 0.6) is 5.75 Å². The number of nitrogens with one attached hydrogen (secondary N) is 1. The zero-order valence-corrected chi connectivity index (χ0v) is 19.0. The molecule has 11 nitrogen and oxygen atoms in total. The van der Waals surface area contributed by atoms with E-state index in [4.69, 9.17) is 23.7 Å². The van der Waals surface area contributed by atoms with Crippen LogP contribution in [-0.4, -0.2) is 66.8 Å². The lowest BCUT2D eigenvalue weighted by Crippen LogP contribution is -2.67. The van der Waals surface area contributed by atoms with Gasteiger partial charge in [-0.2, -0.15) is 0 Å². The van der Waals surface area contributed by atoms with Gasteiger partial charge in [0.05, 0.1) is 5.56 Å². The fourth-order valence-electron chi connectivity index (χ4n) is 3.38. The number of benzene rings is 1. The lowest BCUT2D eigenvalue weighted by atomic mass is 9.96. The molecule has 180 valence electrons. The van der Waals surface area contributed by atoms with Crippen molar-refractivity contribution in [2.45, 2.75) is 65.3 Å². The summed E-state index contributed by atoms with van der Waals surface area (Å²) in [5.74, 6) is -2.67. The predicted octanol–water partition coefficient (Wildman–Crippen LogP) is 0.924. The van der Waals surface area contributed by atoms with Gasteiger partial charge < -0.3 is 29.0 Å². The van der Waals surface area contributed by atoms with Gasteiger partial charge in [-0.25, -0.2) is 0 Å². The Balaban J connectivity index is 2.51. The average molecular weight is 465 g/mol. The third kappa shape index (κ3) is 7.28. The highest BCUT2D eigenvalue weighted by Gasteiger charge is 2.52. The molecule has 0 aliphatic carbocycles. The van der Waals surface area contributed by atoms with Crippen molar-refractivity contribution in [2.75, 3.05) is 6.61 Å². The van der Waals surface area contributed by atoms with Crippen LogP contribution in [0.15, 0.2) is 24.3 Å². The first kappa shape index (κ1) is 25.8. The quantitative estimate of drug-likeness (QED) is 0.334. The summed E-state index contributed by atoms with van der Waals surface area (Å²) in [6.45, 7) is 5.71. The maximum absolute atomic E-state index is 12.0. The number of amides is 1. The van der Waals surface area contributed by atoms with Crippen molar-refractivity contribution in [1.82, 2.24) is 5.32 Å². The predicted molar refractivity (Wildman–Crippen MR) is 111 cm³/mol. The number of carbonyl (C=O) groups excluding carboxylic acids is 5. The van der Waals surface area contributed by atoms with Crippen molar-refractivity contribution in [1.29, 1.82) is 0 Å². The summed E-state index contributed by atoms with van der Waals surface area (Å²) >= 11 is 0. The zero-order valence-electron chi connectivity index (χ0n) is 19.0. The molecule has 2 rings (SSSR count). The molecule has 0 saturated carbocycles. The molecule has 1 saturated heterocycles. The van der Waals surface area contributed by atoms with Crippen molar-refractivity contribution >= 4 is 29.6 Å². The Labute approximate surface area is 190 Å². The van der Waals surface area contributed by atoms with Crippen molar-refractivity contribution < 1.29 is 47.7 Å². The Morgan fingerprint density at radius 2 is 1.48 bits per heavy atom. The van der Waals surface area contributed by atoms with E-state index in [1.165, 1.54) is 26.8 Å². The van der Waals surface area contributed by atoms with Gasteiger partial charge in [-0.1, -0.05) is 12.1 Å². The smallest absolute Gasteiger partial charge is 0.303 e. The average Bonchev–Trinajstić information content (AvgIpc) is 2.70. The molecule has 1 aromatic rings. The maximum atomic E-state index is 12.0. The number of para-hydroxylation sites is 1. The van der Waals surface area contributed by atoms with Crippen LogP contribution in [0, 0.1) is 0 Å². The SMILES string of the molecule is CC(=O)N[C@H]1[C@H](Oc2ccccc2C(C)=O)O[C@H](COC(C)=O)[C@@H](OC(C)=O)[C@@H]1OC(C)=O. The highest BCUT2D eigenvalue weighted by atomic mass is 16.7. The summed E-state index contributed by atoms with van der Waals surface area (Å²) in [6, 6.07) is 5.24. The van der Waals surface area contributed by atoms with Gasteiger partial charge in [-0.05, 0) is 19.1 Å². The van der Waals surface area contributed by atoms with Gasteiger partial charge in [0.25, 0.3) is 0 Å². The molecule has 0 aromatic heterocycles. The molecule has 1 amide bonds. The molecule has 1 aromatic carbocycles. The second-order valence-electron chi connectivity index (χ2n) is 7.39. The van der Waals surface area contributed by atoms with Crippen LogP contribution in [0.25, 0.3) is 0 Å². The number of hydrogen-bond donors (Lipinski definition) is 1. The van der Waals surface area contributed by atoms with Crippen molar-refractivity contribution in [2.24, 2.45) is 0 Å². The summed E-state index contributed by atoms with van der Waals surface area (Å²) < 4.78 is 27.6. The van der Waals surface area contributed by atoms with Crippen molar-refractivity contribution in [3.05, 3.63) is 29.8 Å². The molecule has 0 bridgehead atoms. The Hall–Kier alpha value is -3.47. The van der Waals surface area contributed by atoms with E-state index in [0.29, 0.717) is 0 Å². The number of rotatable bonds is 8. The first-order chi connectivity index (χ1) is 15.5. The lowest BCUT2D eigenvalue weighted by Gasteiger charge is -2.44. The molecule has 5 atom stereocenters. The van der Waals surface area contributed by atoms with Gasteiger partial charge in [0.2, 0.25) is 12.2 Å². The molecule has 1 aliphatic rings. The minimum atomic E-state index is -1.30. The van der Waals surface area contributed by atoms with Crippen LogP contribution >= 0.6 is 0 Å². The minimum Gasteiger partial charge on any atom is -0.463 e. The van der Waals surface area contributed by atoms with E-state index in [0.717, 1.165) is 13.8 Å². The van der Waals surface area contributed by atoms with Crippen LogP contribution in [0.4, 0.5) is 0 Å². The van der Waals surface area contributed by atoms with Gasteiger partial charge in [-0.15, -0.1) is 0 Å². The molecular formula is C22H27NO10. The molecule has 1 N–H and O–H groups in total. The number of ketones is 1. The first-order valence-electron chi connectivity index (χ1n) is 10.2. The number of esters is 3. The highest BCUT2D eigenvalue weighted by molar-refractivity contribution is 5.96. The molecule has 0 spiro atoms. The van der Waals surface area contributed by atoms with E-state index in [9.17, 15) is 24.0 Å². The molecular weight excluding hydrogens is 438 g/mol. The van der Waals surface area contributed by atoms with Crippen LogP contribution in [-0.2, 0) is 38.1 Å². The van der Waals surface area contributed by atoms with Crippen LogP contribution in [0.2, 0.25) is 0 Å². The summed E-state index contributed by atoms with van der Waals surface area (Å²) in [5.41, 5.74) is 0.255. The van der Waals surface area contributed by atoms with Crippen LogP contribution < -0.4 is 10.1 Å². The van der Waals surface area contributed by atoms with Gasteiger partial charge in [0.15, 0.2) is 18.0 Å². The second kappa shape index (κ2) is 11.4. The Morgan fingerprint density at radius 3 is 2.03 bits per heavy atom. The number of ether oxygens (including phenoxy) is 5. The normalized spacial score (nSPS) is 24.2. The highest BCUT2D eigenvalue weighted by Crippen LogP contribution is 2.30. The summed E-state index contributed by atoms with van der Waals surface area (Å²) in [5, 5.41) is 2.59. The number of Topliss-reactive ketones (excluding diaryl/α,β-unsaturated/α-hetero) is 1. The third-order valence-electron chi connectivity index (χ3n) is 4.58. The van der Waals surface area contributed by atoms with Crippen molar-refractivity contribution in [3.63, 3.8) is 0 Å². The van der Waals surface area contributed by atoms with E-state index < -0.39 is 54.5 Å². The van der Waals surface area contributed by atoms with E-state index in [1.54, 1.807) is 18.2 Å². The Kier molecular flexibility index (Phi) is 8.92. The van der Waals surface area contributed by atoms with Gasteiger partial charge in [0, 0.05) is 27.7 Å². The lowest BCUT2D eigenvalue weighted by molar-refractivity contribution is -0.257. The molecule has 0 unspecified atom stereocenters. The molecule has 11 heteroatoms. The number of carbonyl (C=O) groups is 5.